The molecule has 0 bridgehead atoms. The lowest BCUT2D eigenvalue weighted by molar-refractivity contribution is 0.0830. The Morgan fingerprint density at radius 3 is 2.50 bits per heavy atom. The molecule has 0 saturated carbocycles. The molecule has 2 amide bonds. The zero-order valence-electron chi connectivity index (χ0n) is 18.9. The molecule has 0 unspecified atom stereocenters. The van der Waals surface area contributed by atoms with Crippen molar-refractivity contribution in [3.05, 3.63) is 59.7 Å². The Kier molecular flexibility index (Phi) is 8.35. The number of carboxylic acid groups (broad SMARTS) is 1. The molecular formula is C23H30N4O6S. The van der Waals surface area contributed by atoms with E-state index in [9.17, 15) is 23.1 Å². The van der Waals surface area contributed by atoms with Gasteiger partial charge >= 0.3 is 6.09 Å². The van der Waals surface area contributed by atoms with Crippen LogP contribution in [0.2, 0.25) is 0 Å². The maximum absolute atomic E-state index is 13.2. The minimum atomic E-state index is -3.44. The summed E-state index contributed by atoms with van der Waals surface area (Å²) in [5, 5.41) is 27.5. The van der Waals surface area contributed by atoms with E-state index in [4.69, 9.17) is 5.11 Å². The number of nitrogens with one attached hydrogen (secondary N) is 3. The summed E-state index contributed by atoms with van der Waals surface area (Å²) in [7, 11) is -3.44. The smallest absolute Gasteiger partial charge is 0.404 e. The van der Waals surface area contributed by atoms with Gasteiger partial charge in [-0.2, -0.15) is 0 Å². The van der Waals surface area contributed by atoms with Crippen LogP contribution in [0.15, 0.2) is 48.5 Å². The topological polar surface area (TPSA) is 148 Å². The first-order valence-corrected chi connectivity index (χ1v) is 12.7. The van der Waals surface area contributed by atoms with Gasteiger partial charge in [0.2, 0.25) is 10.0 Å². The van der Waals surface area contributed by atoms with Gasteiger partial charge in [0, 0.05) is 30.9 Å². The highest BCUT2D eigenvalue weighted by atomic mass is 32.2. The standard InChI is InChI=1S/C23H30N4O6S/c1-2-24-18-12-17(13-19(14-18)27-9-6-10-34(27,32)33)22(29)26-20(21(28)15-25-23(30)31)11-16-7-4-3-5-8-16/h3-5,7-8,12-14,20-21,24-25,28H,2,6,9-11,15H2,1H3,(H,26,29)(H,30,31)/t20-,21+/m0/s1. The van der Waals surface area contributed by atoms with E-state index < -0.39 is 34.2 Å². The molecule has 2 atom stereocenters. The third-order valence-corrected chi connectivity index (χ3v) is 7.36. The van der Waals surface area contributed by atoms with E-state index in [1.54, 1.807) is 12.1 Å². The molecule has 0 radical (unpaired) electrons. The molecular weight excluding hydrogens is 460 g/mol. The van der Waals surface area contributed by atoms with Gasteiger partial charge in [0.25, 0.3) is 5.91 Å². The first-order valence-electron chi connectivity index (χ1n) is 11.1. The van der Waals surface area contributed by atoms with Gasteiger partial charge < -0.3 is 26.2 Å². The van der Waals surface area contributed by atoms with Crippen LogP contribution >= 0.6 is 0 Å². The molecule has 0 aromatic heterocycles. The Labute approximate surface area is 199 Å². The molecule has 0 aliphatic carbocycles. The summed E-state index contributed by atoms with van der Waals surface area (Å²) in [6.07, 6.45) is -1.68. The third kappa shape index (κ3) is 6.61. The van der Waals surface area contributed by atoms with Crippen LogP contribution in [0.3, 0.4) is 0 Å². The van der Waals surface area contributed by atoms with Crippen molar-refractivity contribution in [1.82, 2.24) is 10.6 Å². The first kappa shape index (κ1) is 25.3. The minimum absolute atomic E-state index is 0.0574. The van der Waals surface area contributed by atoms with Gasteiger partial charge in [-0.3, -0.25) is 9.10 Å². The highest BCUT2D eigenvalue weighted by Gasteiger charge is 2.30. The molecule has 11 heteroatoms. The fourth-order valence-corrected chi connectivity index (χ4v) is 5.41. The number of nitrogens with zero attached hydrogens (tertiary/aromatic N) is 1. The lowest BCUT2D eigenvalue weighted by Crippen LogP contribution is -2.49. The van der Waals surface area contributed by atoms with Crippen LogP contribution in [-0.4, -0.2) is 68.2 Å². The summed E-state index contributed by atoms with van der Waals surface area (Å²) in [6.45, 7) is 2.55. The van der Waals surface area contributed by atoms with Crippen LogP contribution in [-0.2, 0) is 16.4 Å². The summed E-state index contributed by atoms with van der Waals surface area (Å²) in [6, 6.07) is 13.2. The van der Waals surface area contributed by atoms with Crippen molar-refractivity contribution in [1.29, 1.82) is 0 Å². The van der Waals surface area contributed by atoms with Gasteiger partial charge in [0.1, 0.15) is 0 Å². The maximum atomic E-state index is 13.2. The van der Waals surface area contributed by atoms with Crippen molar-refractivity contribution >= 4 is 33.4 Å². The second kappa shape index (κ2) is 11.2. The number of benzene rings is 2. The number of rotatable bonds is 10. The number of carbonyl (C=O) groups is 2. The Bertz CT molecular complexity index is 1110. The number of hydrogen-bond acceptors (Lipinski definition) is 6. The van der Waals surface area contributed by atoms with Crippen LogP contribution in [0, 0.1) is 0 Å². The molecule has 2 aromatic carbocycles. The number of aliphatic hydroxyl groups is 1. The van der Waals surface area contributed by atoms with Crippen LogP contribution in [0.5, 0.6) is 0 Å². The quantitative estimate of drug-likeness (QED) is 0.340. The molecule has 1 aliphatic rings. The zero-order chi connectivity index (χ0) is 24.7. The van der Waals surface area contributed by atoms with Crippen molar-refractivity contribution in [3.63, 3.8) is 0 Å². The predicted molar refractivity (Wildman–Crippen MR) is 130 cm³/mol. The van der Waals surface area contributed by atoms with E-state index in [0.29, 0.717) is 30.9 Å². The Morgan fingerprint density at radius 1 is 1.15 bits per heavy atom. The van der Waals surface area contributed by atoms with E-state index in [0.717, 1.165) is 5.56 Å². The van der Waals surface area contributed by atoms with Crippen LogP contribution < -0.4 is 20.3 Å². The Balaban J connectivity index is 1.87. The van der Waals surface area contributed by atoms with E-state index in [2.05, 4.69) is 16.0 Å². The van der Waals surface area contributed by atoms with Gasteiger partial charge in [-0.15, -0.1) is 0 Å². The number of hydrogen-bond donors (Lipinski definition) is 5. The number of amides is 2. The van der Waals surface area contributed by atoms with Crippen LogP contribution in [0.1, 0.15) is 29.3 Å². The molecule has 1 saturated heterocycles. The predicted octanol–water partition coefficient (Wildman–Crippen LogP) is 1.63. The largest absolute Gasteiger partial charge is 0.465 e. The van der Waals surface area contributed by atoms with E-state index in [1.807, 2.05) is 37.3 Å². The normalized spacial score (nSPS) is 16.5. The Hall–Kier alpha value is -3.31. The van der Waals surface area contributed by atoms with Gasteiger partial charge in [-0.05, 0) is 43.5 Å². The highest BCUT2D eigenvalue weighted by molar-refractivity contribution is 7.93. The monoisotopic (exact) mass is 490 g/mol. The number of carbonyl (C=O) groups excluding carboxylic acids is 1. The molecule has 184 valence electrons. The lowest BCUT2D eigenvalue weighted by atomic mass is 10.0. The summed E-state index contributed by atoms with van der Waals surface area (Å²) in [5.41, 5.74) is 2.08. The van der Waals surface area contributed by atoms with E-state index >= 15 is 0 Å². The molecule has 10 nitrogen and oxygen atoms in total. The molecule has 2 aromatic rings. The number of anilines is 2. The third-order valence-electron chi connectivity index (χ3n) is 5.49. The van der Waals surface area contributed by atoms with Gasteiger partial charge in [-0.1, -0.05) is 30.3 Å². The van der Waals surface area contributed by atoms with E-state index in [-0.39, 0.29) is 24.3 Å². The van der Waals surface area contributed by atoms with Gasteiger partial charge in [0.05, 0.1) is 23.6 Å². The van der Waals surface area contributed by atoms with Crippen molar-refractivity contribution in [2.24, 2.45) is 0 Å². The molecule has 1 heterocycles. The minimum Gasteiger partial charge on any atom is -0.465 e. The fourth-order valence-electron chi connectivity index (χ4n) is 3.86. The maximum Gasteiger partial charge on any atom is 0.404 e. The average molecular weight is 491 g/mol. The summed E-state index contributed by atoms with van der Waals surface area (Å²) in [5.74, 6) is -0.449. The van der Waals surface area contributed by atoms with Crippen LogP contribution in [0.25, 0.3) is 0 Å². The zero-order valence-corrected chi connectivity index (χ0v) is 19.7. The van der Waals surface area contributed by atoms with Gasteiger partial charge in [0.15, 0.2) is 0 Å². The summed E-state index contributed by atoms with van der Waals surface area (Å²) >= 11 is 0. The SMILES string of the molecule is CCNc1cc(C(=O)N[C@@H](Cc2ccccc2)[C@H](O)CNC(=O)O)cc(N2CCCS2(=O)=O)c1. The molecule has 34 heavy (non-hydrogen) atoms. The molecule has 3 rings (SSSR count). The van der Waals surface area contributed by atoms with Crippen molar-refractivity contribution in [2.75, 3.05) is 35.0 Å². The molecule has 1 aliphatic heterocycles. The second-order valence-electron chi connectivity index (χ2n) is 8.06. The van der Waals surface area contributed by atoms with Crippen molar-refractivity contribution < 1.29 is 28.2 Å². The first-order chi connectivity index (χ1) is 16.2. The molecule has 5 N–H and O–H groups in total. The highest BCUT2D eigenvalue weighted by Crippen LogP contribution is 2.28. The lowest BCUT2D eigenvalue weighted by Gasteiger charge is -2.25. The Morgan fingerprint density at radius 2 is 1.88 bits per heavy atom. The molecule has 0 spiro atoms. The van der Waals surface area contributed by atoms with Gasteiger partial charge in [-0.25, -0.2) is 13.2 Å². The average Bonchev–Trinajstić information content (AvgIpc) is 3.16. The second-order valence-corrected chi connectivity index (χ2v) is 10.1. The number of sulfonamides is 1. The summed E-state index contributed by atoms with van der Waals surface area (Å²) in [4.78, 5) is 24.1. The molecule has 1 fully saturated rings. The van der Waals surface area contributed by atoms with Crippen molar-refractivity contribution in [3.8, 4) is 0 Å². The van der Waals surface area contributed by atoms with Crippen LogP contribution in [0.4, 0.5) is 16.2 Å². The fraction of sp³-hybridized carbons (Fsp3) is 0.391. The number of aliphatic hydroxyl groups excluding tert-OH is 1. The van der Waals surface area contributed by atoms with E-state index in [1.165, 1.54) is 10.4 Å². The van der Waals surface area contributed by atoms with Crippen molar-refractivity contribution in [2.45, 2.75) is 31.9 Å². The summed E-state index contributed by atoms with van der Waals surface area (Å²) < 4.78 is 26.2.